The third-order valence-electron chi connectivity index (χ3n) is 2.69. The van der Waals surface area contributed by atoms with Crippen molar-refractivity contribution in [2.45, 2.75) is 18.9 Å². The van der Waals surface area contributed by atoms with Crippen LogP contribution in [0.4, 0.5) is 4.39 Å². The highest BCUT2D eigenvalue weighted by Gasteiger charge is 2.11. The second-order valence-corrected chi connectivity index (χ2v) is 3.94. The molecule has 0 saturated heterocycles. The van der Waals surface area contributed by atoms with Gasteiger partial charge in [0.25, 0.3) is 0 Å². The molecule has 0 radical (unpaired) electrons. The molecule has 0 spiro atoms. The summed E-state index contributed by atoms with van der Waals surface area (Å²) in [6, 6.07) is 10.1. The standard InChI is InChI=1S/C14H14FNO/c15-13-6-2-1-5-12(13)14(17)8-7-11-4-3-9-16-10-11/h1-6,9-10,14,17H,7-8H2. The summed E-state index contributed by atoms with van der Waals surface area (Å²) >= 11 is 0. The Morgan fingerprint density at radius 1 is 1.18 bits per heavy atom. The zero-order valence-corrected chi connectivity index (χ0v) is 9.38. The van der Waals surface area contributed by atoms with Crippen LogP contribution in [0.15, 0.2) is 48.8 Å². The number of hydrogen-bond acceptors (Lipinski definition) is 2. The normalized spacial score (nSPS) is 12.4. The number of aliphatic hydroxyl groups excluding tert-OH is 1. The molecule has 2 aromatic rings. The van der Waals surface area contributed by atoms with Crippen LogP contribution in [0.3, 0.4) is 0 Å². The number of aliphatic hydroxyl groups is 1. The van der Waals surface area contributed by atoms with Crippen molar-refractivity contribution in [2.75, 3.05) is 0 Å². The Morgan fingerprint density at radius 3 is 2.71 bits per heavy atom. The zero-order chi connectivity index (χ0) is 12.1. The summed E-state index contributed by atoms with van der Waals surface area (Å²) in [5.41, 5.74) is 1.40. The lowest BCUT2D eigenvalue weighted by molar-refractivity contribution is 0.163. The van der Waals surface area contributed by atoms with Crippen molar-refractivity contribution >= 4 is 0 Å². The summed E-state index contributed by atoms with van der Waals surface area (Å²) in [5.74, 6) is -0.355. The minimum Gasteiger partial charge on any atom is -0.388 e. The van der Waals surface area contributed by atoms with Crippen LogP contribution in [0, 0.1) is 5.82 Å². The number of aromatic nitrogens is 1. The Labute approximate surface area is 99.8 Å². The van der Waals surface area contributed by atoms with Crippen LogP contribution in [0.2, 0.25) is 0 Å². The molecule has 0 aliphatic carbocycles. The lowest BCUT2D eigenvalue weighted by atomic mass is 10.0. The van der Waals surface area contributed by atoms with Gasteiger partial charge in [-0.25, -0.2) is 4.39 Å². The molecular weight excluding hydrogens is 217 g/mol. The maximum atomic E-state index is 13.4. The smallest absolute Gasteiger partial charge is 0.128 e. The predicted octanol–water partition coefficient (Wildman–Crippen LogP) is 2.89. The van der Waals surface area contributed by atoms with E-state index in [0.29, 0.717) is 18.4 Å². The Kier molecular flexibility index (Phi) is 3.83. The minimum absolute atomic E-state index is 0.355. The fourth-order valence-electron chi connectivity index (χ4n) is 1.75. The van der Waals surface area contributed by atoms with Crippen LogP contribution in [0.1, 0.15) is 23.7 Å². The molecule has 3 heteroatoms. The van der Waals surface area contributed by atoms with Crippen LogP contribution in [-0.4, -0.2) is 10.1 Å². The molecule has 1 heterocycles. The van der Waals surface area contributed by atoms with Crippen molar-refractivity contribution < 1.29 is 9.50 Å². The summed E-state index contributed by atoms with van der Waals surface area (Å²) in [7, 11) is 0. The molecule has 2 rings (SSSR count). The maximum absolute atomic E-state index is 13.4. The summed E-state index contributed by atoms with van der Waals surface area (Å²) in [6.07, 6.45) is 3.87. The van der Waals surface area contributed by atoms with E-state index < -0.39 is 6.10 Å². The third-order valence-corrected chi connectivity index (χ3v) is 2.69. The Bertz CT molecular complexity index is 473. The van der Waals surface area contributed by atoms with Gasteiger partial charge in [0, 0.05) is 18.0 Å². The van der Waals surface area contributed by atoms with Gasteiger partial charge in [0.15, 0.2) is 0 Å². The van der Waals surface area contributed by atoms with Crippen LogP contribution in [0.25, 0.3) is 0 Å². The van der Waals surface area contributed by atoms with E-state index in [1.807, 2.05) is 12.1 Å². The molecule has 2 nitrogen and oxygen atoms in total. The largest absolute Gasteiger partial charge is 0.388 e. The second kappa shape index (κ2) is 5.55. The van der Waals surface area contributed by atoms with Gasteiger partial charge >= 0.3 is 0 Å². The van der Waals surface area contributed by atoms with Gasteiger partial charge in [0.1, 0.15) is 5.82 Å². The Balaban J connectivity index is 1.99. The maximum Gasteiger partial charge on any atom is 0.128 e. The van der Waals surface area contributed by atoms with Gasteiger partial charge in [-0.2, -0.15) is 0 Å². The molecule has 1 unspecified atom stereocenters. The van der Waals surface area contributed by atoms with E-state index in [1.165, 1.54) is 6.07 Å². The molecule has 1 atom stereocenters. The van der Waals surface area contributed by atoms with Crippen molar-refractivity contribution in [2.24, 2.45) is 0 Å². The number of nitrogens with zero attached hydrogens (tertiary/aromatic N) is 1. The van der Waals surface area contributed by atoms with Gasteiger partial charge < -0.3 is 5.11 Å². The fourth-order valence-corrected chi connectivity index (χ4v) is 1.75. The Morgan fingerprint density at radius 2 is 2.00 bits per heavy atom. The van der Waals surface area contributed by atoms with Gasteiger partial charge in [-0.3, -0.25) is 4.98 Å². The van der Waals surface area contributed by atoms with E-state index in [4.69, 9.17) is 0 Å². The van der Waals surface area contributed by atoms with Gasteiger partial charge in [0.2, 0.25) is 0 Å². The van der Waals surface area contributed by atoms with Crippen LogP contribution < -0.4 is 0 Å². The van der Waals surface area contributed by atoms with Crippen molar-refractivity contribution in [1.82, 2.24) is 4.98 Å². The van der Waals surface area contributed by atoms with E-state index in [1.54, 1.807) is 30.6 Å². The molecule has 1 aromatic carbocycles. The molecule has 1 N–H and O–H groups in total. The first-order valence-electron chi connectivity index (χ1n) is 5.59. The molecule has 88 valence electrons. The fraction of sp³-hybridized carbons (Fsp3) is 0.214. The summed E-state index contributed by atoms with van der Waals surface area (Å²) in [4.78, 5) is 4.00. The number of rotatable bonds is 4. The first kappa shape index (κ1) is 11.7. The predicted molar refractivity (Wildman–Crippen MR) is 63.9 cm³/mol. The van der Waals surface area contributed by atoms with E-state index >= 15 is 0 Å². The SMILES string of the molecule is OC(CCc1cccnc1)c1ccccc1F. The number of hydrogen-bond donors (Lipinski definition) is 1. The molecule has 0 fully saturated rings. The Hall–Kier alpha value is -1.74. The van der Waals surface area contributed by atoms with Crippen LogP contribution in [-0.2, 0) is 6.42 Å². The van der Waals surface area contributed by atoms with Crippen molar-refractivity contribution in [1.29, 1.82) is 0 Å². The highest BCUT2D eigenvalue weighted by molar-refractivity contribution is 5.20. The number of pyridine rings is 1. The molecule has 0 bridgehead atoms. The molecule has 0 aliphatic rings. The van der Waals surface area contributed by atoms with Gasteiger partial charge in [0.05, 0.1) is 6.10 Å². The number of aryl methyl sites for hydroxylation is 1. The second-order valence-electron chi connectivity index (χ2n) is 3.94. The van der Waals surface area contributed by atoms with E-state index in [0.717, 1.165) is 5.56 Å². The first-order valence-corrected chi connectivity index (χ1v) is 5.59. The average molecular weight is 231 g/mol. The molecule has 1 aromatic heterocycles. The number of benzene rings is 1. The summed E-state index contributed by atoms with van der Waals surface area (Å²) in [6.45, 7) is 0. The van der Waals surface area contributed by atoms with Gasteiger partial charge in [-0.1, -0.05) is 24.3 Å². The monoisotopic (exact) mass is 231 g/mol. The van der Waals surface area contributed by atoms with E-state index in [-0.39, 0.29) is 5.82 Å². The quantitative estimate of drug-likeness (QED) is 0.877. The highest BCUT2D eigenvalue weighted by Crippen LogP contribution is 2.21. The molecular formula is C14H14FNO. The molecule has 17 heavy (non-hydrogen) atoms. The third kappa shape index (κ3) is 3.11. The lowest BCUT2D eigenvalue weighted by Crippen LogP contribution is -2.02. The molecule has 0 aliphatic heterocycles. The van der Waals surface area contributed by atoms with Crippen LogP contribution >= 0.6 is 0 Å². The van der Waals surface area contributed by atoms with Crippen molar-refractivity contribution in [3.63, 3.8) is 0 Å². The van der Waals surface area contributed by atoms with E-state index in [2.05, 4.69) is 4.98 Å². The van der Waals surface area contributed by atoms with Gasteiger partial charge in [-0.15, -0.1) is 0 Å². The number of halogens is 1. The molecule has 0 amide bonds. The van der Waals surface area contributed by atoms with Crippen molar-refractivity contribution in [3.05, 3.63) is 65.7 Å². The summed E-state index contributed by atoms with van der Waals surface area (Å²) in [5, 5.41) is 9.90. The lowest BCUT2D eigenvalue weighted by Gasteiger charge is -2.11. The van der Waals surface area contributed by atoms with Gasteiger partial charge in [-0.05, 0) is 30.5 Å². The topological polar surface area (TPSA) is 33.1 Å². The highest BCUT2D eigenvalue weighted by atomic mass is 19.1. The first-order chi connectivity index (χ1) is 8.27. The zero-order valence-electron chi connectivity index (χ0n) is 9.38. The minimum atomic E-state index is -0.767. The van der Waals surface area contributed by atoms with Crippen LogP contribution in [0.5, 0.6) is 0 Å². The molecule has 0 saturated carbocycles. The van der Waals surface area contributed by atoms with E-state index in [9.17, 15) is 9.50 Å². The average Bonchev–Trinajstić information content (AvgIpc) is 2.38. The van der Waals surface area contributed by atoms with Crippen molar-refractivity contribution in [3.8, 4) is 0 Å². The summed E-state index contributed by atoms with van der Waals surface area (Å²) < 4.78 is 13.4.